The molecule has 0 aliphatic carbocycles. The van der Waals surface area contributed by atoms with Crippen molar-refractivity contribution >= 4 is 17.7 Å². The molecule has 0 unspecified atom stereocenters. The normalized spacial score (nSPS) is 10.1. The van der Waals surface area contributed by atoms with Gasteiger partial charge in [0.05, 0.1) is 5.56 Å². The molecule has 0 saturated carbocycles. The molecule has 0 aliphatic heterocycles. The molecule has 0 spiro atoms. The molecular formula is C19H23N3O3. The van der Waals surface area contributed by atoms with Gasteiger partial charge in [-0.05, 0) is 41.8 Å². The third kappa shape index (κ3) is 6.18. The van der Waals surface area contributed by atoms with E-state index in [9.17, 15) is 9.59 Å². The molecule has 0 atom stereocenters. The zero-order valence-electron chi connectivity index (χ0n) is 14.2. The second-order valence-electron chi connectivity index (χ2n) is 5.66. The Hall–Kier alpha value is -3.02. The van der Waals surface area contributed by atoms with Crippen LogP contribution in [0.3, 0.4) is 0 Å². The van der Waals surface area contributed by atoms with Gasteiger partial charge in [0.25, 0.3) is 0 Å². The Morgan fingerprint density at radius 2 is 1.40 bits per heavy atom. The average Bonchev–Trinajstić information content (AvgIpc) is 2.64. The molecule has 6 nitrogen and oxygen atoms in total. The van der Waals surface area contributed by atoms with Gasteiger partial charge in [0.2, 0.25) is 0 Å². The second-order valence-corrected chi connectivity index (χ2v) is 5.66. The third-order valence-electron chi connectivity index (χ3n) is 3.64. The Labute approximate surface area is 147 Å². The van der Waals surface area contributed by atoms with Crippen LogP contribution in [0, 0.1) is 0 Å². The van der Waals surface area contributed by atoms with E-state index in [1.165, 1.54) is 12.1 Å². The average molecular weight is 341 g/mol. The highest BCUT2D eigenvalue weighted by molar-refractivity contribution is 5.87. The number of hydrogen-bond acceptors (Lipinski definition) is 3. The maximum Gasteiger partial charge on any atom is 0.335 e. The monoisotopic (exact) mass is 341 g/mol. The van der Waals surface area contributed by atoms with Crippen LogP contribution in [0.2, 0.25) is 0 Å². The Balaban J connectivity index is 1.74. The maximum atomic E-state index is 11.8. The minimum absolute atomic E-state index is 0.227. The Morgan fingerprint density at radius 3 is 1.88 bits per heavy atom. The van der Waals surface area contributed by atoms with E-state index in [0.29, 0.717) is 13.1 Å². The molecule has 6 heteroatoms. The van der Waals surface area contributed by atoms with E-state index < -0.39 is 5.97 Å². The summed E-state index contributed by atoms with van der Waals surface area (Å²) in [6.45, 7) is 3.83. The van der Waals surface area contributed by atoms with Crippen molar-refractivity contribution < 1.29 is 14.7 Å². The predicted octanol–water partition coefficient (Wildman–Crippen LogP) is 3.21. The van der Waals surface area contributed by atoms with E-state index in [1.54, 1.807) is 12.1 Å². The third-order valence-corrected chi connectivity index (χ3v) is 3.64. The van der Waals surface area contributed by atoms with Gasteiger partial charge in [-0.15, -0.1) is 0 Å². The van der Waals surface area contributed by atoms with Crippen molar-refractivity contribution in [2.24, 2.45) is 0 Å². The Bertz CT molecular complexity index is 697. The maximum absolute atomic E-state index is 11.8. The highest BCUT2D eigenvalue weighted by atomic mass is 16.4. The molecule has 0 aromatic heterocycles. The van der Waals surface area contributed by atoms with Gasteiger partial charge < -0.3 is 21.1 Å². The van der Waals surface area contributed by atoms with Gasteiger partial charge in [0, 0.05) is 25.3 Å². The molecule has 0 heterocycles. The van der Waals surface area contributed by atoms with Crippen LogP contribution in [0.25, 0.3) is 0 Å². The highest BCUT2D eigenvalue weighted by Crippen LogP contribution is 2.09. The predicted molar refractivity (Wildman–Crippen MR) is 97.7 cm³/mol. The number of urea groups is 1. The fourth-order valence-corrected chi connectivity index (χ4v) is 2.20. The van der Waals surface area contributed by atoms with Crippen LogP contribution in [-0.4, -0.2) is 23.7 Å². The number of hydrogen-bond donors (Lipinski definition) is 4. The fraction of sp³-hybridized carbons (Fsp3) is 0.263. The van der Waals surface area contributed by atoms with Crippen molar-refractivity contribution in [1.29, 1.82) is 0 Å². The molecule has 2 amide bonds. The summed E-state index contributed by atoms with van der Waals surface area (Å²) in [5.41, 5.74) is 3.15. The van der Waals surface area contributed by atoms with Gasteiger partial charge in [-0.25, -0.2) is 9.59 Å². The smallest absolute Gasteiger partial charge is 0.335 e. The van der Waals surface area contributed by atoms with E-state index in [1.807, 2.05) is 24.3 Å². The molecule has 0 aliphatic rings. The largest absolute Gasteiger partial charge is 0.478 e. The van der Waals surface area contributed by atoms with Gasteiger partial charge in [-0.2, -0.15) is 0 Å². The summed E-state index contributed by atoms with van der Waals surface area (Å²) >= 11 is 0. The molecule has 0 fully saturated rings. The summed E-state index contributed by atoms with van der Waals surface area (Å²) in [6, 6.07) is 14.1. The number of amides is 2. The highest BCUT2D eigenvalue weighted by Gasteiger charge is 2.04. The summed E-state index contributed by atoms with van der Waals surface area (Å²) in [5.74, 6) is -0.965. The van der Waals surface area contributed by atoms with E-state index in [4.69, 9.17) is 5.11 Å². The van der Waals surface area contributed by atoms with Crippen LogP contribution in [-0.2, 0) is 13.1 Å². The molecule has 0 bridgehead atoms. The number of rotatable bonds is 8. The number of carbonyl (C=O) groups is 2. The summed E-state index contributed by atoms with van der Waals surface area (Å²) < 4.78 is 0. The van der Waals surface area contributed by atoms with Crippen molar-refractivity contribution in [3.05, 3.63) is 65.2 Å². The molecule has 0 saturated heterocycles. The first-order chi connectivity index (χ1) is 12.1. The summed E-state index contributed by atoms with van der Waals surface area (Å²) in [6.07, 6.45) is 1.07. The zero-order valence-corrected chi connectivity index (χ0v) is 14.2. The first-order valence-electron chi connectivity index (χ1n) is 8.25. The molecule has 2 rings (SSSR count). The number of carboxylic acid groups (broad SMARTS) is 1. The van der Waals surface area contributed by atoms with Crippen LogP contribution < -0.4 is 16.0 Å². The molecule has 2 aromatic rings. The van der Waals surface area contributed by atoms with Crippen molar-refractivity contribution in [1.82, 2.24) is 10.6 Å². The number of benzene rings is 2. The number of anilines is 1. The summed E-state index contributed by atoms with van der Waals surface area (Å²) in [4.78, 5) is 22.6. The minimum Gasteiger partial charge on any atom is -0.478 e. The molecule has 2 aromatic carbocycles. The van der Waals surface area contributed by atoms with Crippen molar-refractivity contribution in [2.45, 2.75) is 26.4 Å². The van der Waals surface area contributed by atoms with Crippen LogP contribution in [0.4, 0.5) is 10.5 Å². The second kappa shape index (κ2) is 9.32. The molecule has 0 radical (unpaired) electrons. The fourth-order valence-electron chi connectivity index (χ4n) is 2.20. The topological polar surface area (TPSA) is 90.5 Å². The number of carboxylic acids is 1. The van der Waals surface area contributed by atoms with Gasteiger partial charge in [0.1, 0.15) is 0 Å². The van der Waals surface area contributed by atoms with Crippen molar-refractivity contribution in [2.75, 3.05) is 11.9 Å². The lowest BCUT2D eigenvalue weighted by atomic mass is 10.1. The lowest BCUT2D eigenvalue weighted by Gasteiger charge is -2.09. The van der Waals surface area contributed by atoms with Crippen LogP contribution in [0.5, 0.6) is 0 Å². The molecule has 132 valence electrons. The molecular weight excluding hydrogens is 318 g/mol. The lowest BCUT2D eigenvalue weighted by Crippen LogP contribution is -2.34. The molecule has 25 heavy (non-hydrogen) atoms. The quantitative estimate of drug-likeness (QED) is 0.593. The molecule has 4 N–H and O–H groups in total. The van der Waals surface area contributed by atoms with Crippen molar-refractivity contribution in [3.8, 4) is 0 Å². The minimum atomic E-state index is -0.965. The SMILES string of the molecule is CCCNc1ccc(CNC(=O)NCc2ccc(C(=O)O)cc2)cc1. The first-order valence-corrected chi connectivity index (χ1v) is 8.25. The first kappa shape index (κ1) is 18.3. The van der Waals surface area contributed by atoms with E-state index >= 15 is 0 Å². The van der Waals surface area contributed by atoms with Gasteiger partial charge >= 0.3 is 12.0 Å². The number of aromatic carboxylic acids is 1. The van der Waals surface area contributed by atoms with Gasteiger partial charge in [-0.1, -0.05) is 31.2 Å². The zero-order chi connectivity index (χ0) is 18.1. The van der Waals surface area contributed by atoms with Gasteiger partial charge in [-0.3, -0.25) is 0 Å². The number of carbonyl (C=O) groups excluding carboxylic acids is 1. The van der Waals surface area contributed by atoms with Crippen LogP contribution in [0.1, 0.15) is 34.8 Å². The standard InChI is InChI=1S/C19H23N3O3/c1-2-11-20-17-9-5-15(6-10-17)13-22-19(25)21-12-14-3-7-16(8-4-14)18(23)24/h3-10,20H,2,11-13H2,1H3,(H,23,24)(H2,21,22,25). The summed E-state index contributed by atoms with van der Waals surface area (Å²) in [5, 5.41) is 17.7. The van der Waals surface area contributed by atoms with Gasteiger partial charge in [0.15, 0.2) is 0 Å². The van der Waals surface area contributed by atoms with Crippen LogP contribution in [0.15, 0.2) is 48.5 Å². The van der Waals surface area contributed by atoms with E-state index in [0.717, 1.165) is 29.8 Å². The lowest BCUT2D eigenvalue weighted by molar-refractivity contribution is 0.0697. The van der Waals surface area contributed by atoms with Crippen molar-refractivity contribution in [3.63, 3.8) is 0 Å². The number of nitrogens with one attached hydrogen (secondary N) is 3. The van der Waals surface area contributed by atoms with E-state index in [2.05, 4.69) is 22.9 Å². The van der Waals surface area contributed by atoms with Crippen LogP contribution >= 0.6 is 0 Å². The van der Waals surface area contributed by atoms with E-state index in [-0.39, 0.29) is 11.6 Å². The Kier molecular flexibility index (Phi) is 6.83. The Morgan fingerprint density at radius 1 is 0.880 bits per heavy atom. The summed E-state index contributed by atoms with van der Waals surface area (Å²) in [7, 11) is 0.